The molecule has 0 aliphatic carbocycles. The second-order valence-corrected chi connectivity index (χ2v) is 6.52. The Kier molecular flexibility index (Phi) is 3.18. The highest BCUT2D eigenvalue weighted by Gasteiger charge is 2.45. The molecule has 2 rings (SSSR count). The van der Waals surface area contributed by atoms with Crippen molar-refractivity contribution in [3.8, 4) is 5.75 Å². The molecule has 1 heterocycles. The van der Waals surface area contributed by atoms with E-state index < -0.39 is 0 Å². The summed E-state index contributed by atoms with van der Waals surface area (Å²) in [7, 11) is 4.62. The smallest absolute Gasteiger partial charge is 0.136 e. The molecule has 0 saturated heterocycles. The van der Waals surface area contributed by atoms with Crippen molar-refractivity contribution in [1.29, 1.82) is 0 Å². The first-order valence-corrected chi connectivity index (χ1v) is 6.91. The molecule has 0 amide bonds. The molecule has 1 aliphatic rings. The minimum Gasteiger partial charge on any atom is -0.494 e. The van der Waals surface area contributed by atoms with Crippen LogP contribution in [0, 0.1) is 0 Å². The van der Waals surface area contributed by atoms with Gasteiger partial charge in [-0.05, 0) is 38.8 Å². The minimum atomic E-state index is 0.277. The highest BCUT2D eigenvalue weighted by atomic mass is 16.5. The molecular formula is C16H26NO+. The van der Waals surface area contributed by atoms with Crippen molar-refractivity contribution in [3.63, 3.8) is 0 Å². The third-order valence-electron chi connectivity index (χ3n) is 4.76. The van der Waals surface area contributed by atoms with Crippen molar-refractivity contribution < 1.29 is 4.74 Å². The quantitative estimate of drug-likeness (QED) is 0.720. The highest BCUT2D eigenvalue weighted by Crippen LogP contribution is 2.47. The number of rotatable bonds is 2. The number of hydrogen-bond donors (Lipinski definition) is 0. The number of ether oxygens (including phenoxy) is 1. The monoisotopic (exact) mass is 248 g/mol. The molecule has 2 heteroatoms. The Balaban J connectivity index is 2.52. The number of benzene rings is 1. The van der Waals surface area contributed by atoms with Crippen LogP contribution in [0.15, 0.2) is 18.2 Å². The molecule has 1 unspecified atom stereocenters. The van der Waals surface area contributed by atoms with E-state index in [1.807, 2.05) is 6.92 Å². The second kappa shape index (κ2) is 4.27. The fraction of sp³-hybridized carbons (Fsp3) is 0.625. The van der Waals surface area contributed by atoms with E-state index in [9.17, 15) is 0 Å². The van der Waals surface area contributed by atoms with Crippen LogP contribution in [0.2, 0.25) is 0 Å². The van der Waals surface area contributed by atoms with E-state index in [1.165, 1.54) is 17.7 Å². The molecule has 100 valence electrons. The SMILES string of the molecule is CCOc1ccc2c(c1)C(C)CC(C)(C)[N+]2(C)C. The van der Waals surface area contributed by atoms with E-state index >= 15 is 0 Å². The maximum Gasteiger partial charge on any atom is 0.136 e. The zero-order valence-corrected chi connectivity index (χ0v) is 12.6. The van der Waals surface area contributed by atoms with Crippen LogP contribution < -0.4 is 9.22 Å². The van der Waals surface area contributed by atoms with E-state index in [0.29, 0.717) is 5.92 Å². The van der Waals surface area contributed by atoms with Crippen molar-refractivity contribution in [1.82, 2.24) is 4.48 Å². The zero-order chi connectivity index (χ0) is 13.6. The summed E-state index contributed by atoms with van der Waals surface area (Å²) in [6, 6.07) is 6.59. The van der Waals surface area contributed by atoms with Gasteiger partial charge in [0.15, 0.2) is 0 Å². The molecule has 0 bridgehead atoms. The summed E-state index contributed by atoms with van der Waals surface area (Å²) >= 11 is 0. The predicted molar refractivity (Wildman–Crippen MR) is 78.4 cm³/mol. The fourth-order valence-corrected chi connectivity index (χ4v) is 3.11. The summed E-state index contributed by atoms with van der Waals surface area (Å²) in [6.45, 7) is 9.82. The first-order chi connectivity index (χ1) is 8.29. The summed E-state index contributed by atoms with van der Waals surface area (Å²) < 4.78 is 6.58. The first-order valence-electron chi connectivity index (χ1n) is 6.91. The van der Waals surface area contributed by atoms with Crippen molar-refractivity contribution in [2.24, 2.45) is 0 Å². The van der Waals surface area contributed by atoms with Crippen LogP contribution in [-0.4, -0.2) is 26.2 Å². The Bertz CT molecular complexity index is 448. The normalized spacial score (nSPS) is 24.4. The Morgan fingerprint density at radius 2 is 2.00 bits per heavy atom. The number of hydrogen-bond acceptors (Lipinski definition) is 1. The molecule has 2 nitrogen and oxygen atoms in total. The van der Waals surface area contributed by atoms with E-state index in [2.05, 4.69) is 53.1 Å². The van der Waals surface area contributed by atoms with Gasteiger partial charge in [0.1, 0.15) is 11.4 Å². The van der Waals surface area contributed by atoms with Gasteiger partial charge >= 0.3 is 0 Å². The van der Waals surface area contributed by atoms with Crippen molar-refractivity contribution in [3.05, 3.63) is 23.8 Å². The van der Waals surface area contributed by atoms with Gasteiger partial charge in [0.2, 0.25) is 0 Å². The van der Waals surface area contributed by atoms with Crippen LogP contribution in [0.4, 0.5) is 5.69 Å². The lowest BCUT2D eigenvalue weighted by molar-refractivity contribution is 0.157. The van der Waals surface area contributed by atoms with Crippen LogP contribution in [0.25, 0.3) is 0 Å². The molecule has 0 saturated carbocycles. The van der Waals surface area contributed by atoms with Crippen LogP contribution in [0.3, 0.4) is 0 Å². The summed E-state index contributed by atoms with van der Waals surface area (Å²) in [4.78, 5) is 0. The van der Waals surface area contributed by atoms with Gasteiger partial charge in [-0.3, -0.25) is 4.48 Å². The third-order valence-corrected chi connectivity index (χ3v) is 4.76. The number of fused-ring (bicyclic) bond motifs is 1. The average Bonchev–Trinajstić information content (AvgIpc) is 2.27. The Morgan fingerprint density at radius 1 is 1.33 bits per heavy atom. The summed E-state index contributed by atoms with van der Waals surface area (Å²) in [5, 5.41) is 0. The first kappa shape index (κ1) is 13.4. The van der Waals surface area contributed by atoms with Crippen LogP contribution >= 0.6 is 0 Å². The summed E-state index contributed by atoms with van der Waals surface area (Å²) in [5.41, 5.74) is 3.16. The summed E-state index contributed by atoms with van der Waals surface area (Å²) in [6.07, 6.45) is 1.21. The molecule has 1 aromatic rings. The second-order valence-electron chi connectivity index (χ2n) is 6.52. The van der Waals surface area contributed by atoms with E-state index in [0.717, 1.165) is 16.8 Å². The van der Waals surface area contributed by atoms with Crippen molar-refractivity contribution in [2.75, 3.05) is 20.7 Å². The van der Waals surface area contributed by atoms with Gasteiger partial charge < -0.3 is 4.74 Å². The molecule has 1 aliphatic heterocycles. The molecule has 0 fully saturated rings. The molecule has 0 spiro atoms. The maximum absolute atomic E-state index is 5.63. The lowest BCUT2D eigenvalue weighted by atomic mass is 9.78. The van der Waals surface area contributed by atoms with Gasteiger partial charge in [-0.25, -0.2) is 0 Å². The topological polar surface area (TPSA) is 9.23 Å². The van der Waals surface area contributed by atoms with Crippen LogP contribution in [0.5, 0.6) is 5.75 Å². The molecule has 0 aromatic heterocycles. The zero-order valence-electron chi connectivity index (χ0n) is 12.6. The number of quaternary nitrogens is 1. The van der Waals surface area contributed by atoms with Crippen molar-refractivity contribution in [2.45, 2.75) is 45.6 Å². The molecule has 0 radical (unpaired) electrons. The van der Waals surface area contributed by atoms with Gasteiger partial charge in [-0.15, -0.1) is 0 Å². The highest BCUT2D eigenvalue weighted by molar-refractivity contribution is 5.58. The Labute approximate surface area is 111 Å². The molecule has 18 heavy (non-hydrogen) atoms. The van der Waals surface area contributed by atoms with Gasteiger partial charge in [-0.1, -0.05) is 6.92 Å². The van der Waals surface area contributed by atoms with Crippen LogP contribution in [0.1, 0.15) is 45.6 Å². The molecule has 1 atom stereocenters. The van der Waals surface area contributed by atoms with E-state index in [1.54, 1.807) is 0 Å². The fourth-order valence-electron chi connectivity index (χ4n) is 3.11. The molecule has 1 aromatic carbocycles. The van der Waals surface area contributed by atoms with Crippen LogP contribution in [-0.2, 0) is 0 Å². The van der Waals surface area contributed by atoms with Crippen molar-refractivity contribution >= 4 is 5.69 Å². The molecular weight excluding hydrogens is 222 g/mol. The Morgan fingerprint density at radius 3 is 2.61 bits per heavy atom. The molecule has 0 N–H and O–H groups in total. The van der Waals surface area contributed by atoms with E-state index in [-0.39, 0.29) is 5.54 Å². The largest absolute Gasteiger partial charge is 0.494 e. The van der Waals surface area contributed by atoms with Gasteiger partial charge in [-0.2, -0.15) is 0 Å². The lowest BCUT2D eigenvalue weighted by Gasteiger charge is -2.50. The lowest BCUT2D eigenvalue weighted by Crippen LogP contribution is -2.60. The average molecular weight is 248 g/mol. The Hall–Kier alpha value is -1.02. The summed E-state index contributed by atoms with van der Waals surface area (Å²) in [5.74, 6) is 1.60. The standard InChI is InChI=1S/C16H26NO/c1-7-18-13-8-9-15-14(10-13)12(2)11-16(3,4)17(15,5)6/h8-10,12H,7,11H2,1-6H3/q+1. The minimum absolute atomic E-state index is 0.277. The van der Waals surface area contributed by atoms with Gasteiger partial charge in [0, 0.05) is 18.1 Å². The number of nitrogens with zero attached hydrogens (tertiary/aromatic N) is 1. The third kappa shape index (κ3) is 1.93. The predicted octanol–water partition coefficient (Wildman–Crippen LogP) is 3.94. The van der Waals surface area contributed by atoms with E-state index in [4.69, 9.17) is 4.74 Å². The van der Waals surface area contributed by atoms with Gasteiger partial charge in [0.05, 0.1) is 26.2 Å². The maximum atomic E-state index is 5.63. The van der Waals surface area contributed by atoms with Gasteiger partial charge in [0.25, 0.3) is 0 Å².